The van der Waals surface area contributed by atoms with E-state index in [1.165, 1.54) is 6.92 Å². The number of anilines is 1. The molecule has 0 saturated carbocycles. The molecule has 2 atom stereocenters. The maximum absolute atomic E-state index is 12.3. The van der Waals surface area contributed by atoms with Crippen molar-refractivity contribution < 1.29 is 19.1 Å². The van der Waals surface area contributed by atoms with Gasteiger partial charge in [0.15, 0.2) is 0 Å². The Labute approximate surface area is 158 Å². The standard InChI is InChI=1S/C18H24ClN3O4/c1-11-5-13(3-4-15(11)19)21-18(24)8-22-6-16-17(7-22)26-10-14(9-25-16)20-12(2)23/h3-5,14,16-17H,6-10H2,1-2H3,(H,20,23)(H,21,24)/t16-,17-/m0/s1. The van der Waals surface area contributed by atoms with Crippen LogP contribution in [0.15, 0.2) is 18.2 Å². The molecule has 2 fully saturated rings. The van der Waals surface area contributed by atoms with Gasteiger partial charge in [-0.1, -0.05) is 11.6 Å². The van der Waals surface area contributed by atoms with Gasteiger partial charge in [0.1, 0.15) is 0 Å². The highest BCUT2D eigenvalue weighted by Crippen LogP contribution is 2.21. The van der Waals surface area contributed by atoms with E-state index in [-0.39, 0.29) is 36.6 Å². The van der Waals surface area contributed by atoms with Gasteiger partial charge >= 0.3 is 0 Å². The number of nitrogens with one attached hydrogen (secondary N) is 2. The van der Waals surface area contributed by atoms with Crippen molar-refractivity contribution in [2.45, 2.75) is 32.1 Å². The van der Waals surface area contributed by atoms with E-state index in [0.29, 0.717) is 31.3 Å². The van der Waals surface area contributed by atoms with E-state index in [2.05, 4.69) is 10.6 Å². The number of hydrogen-bond donors (Lipinski definition) is 2. The van der Waals surface area contributed by atoms with Crippen LogP contribution in [0.3, 0.4) is 0 Å². The van der Waals surface area contributed by atoms with Crippen molar-refractivity contribution in [1.82, 2.24) is 10.2 Å². The first-order valence-electron chi connectivity index (χ1n) is 8.69. The SMILES string of the molecule is CC(=O)NC1CO[C@H]2CN(CC(=O)Nc3ccc(Cl)c(C)c3)C[C@@H]2OC1. The van der Waals surface area contributed by atoms with Crippen LogP contribution in [0.25, 0.3) is 0 Å². The molecule has 2 amide bonds. The van der Waals surface area contributed by atoms with Gasteiger partial charge in [0.25, 0.3) is 0 Å². The Balaban J connectivity index is 1.48. The molecule has 7 nitrogen and oxygen atoms in total. The van der Waals surface area contributed by atoms with Crippen LogP contribution >= 0.6 is 11.6 Å². The van der Waals surface area contributed by atoms with Crippen LogP contribution in [0.1, 0.15) is 12.5 Å². The lowest BCUT2D eigenvalue weighted by Gasteiger charge is -2.18. The predicted octanol–water partition coefficient (Wildman–Crippen LogP) is 1.19. The van der Waals surface area contributed by atoms with Crippen LogP contribution < -0.4 is 10.6 Å². The van der Waals surface area contributed by atoms with Gasteiger partial charge in [0.05, 0.1) is 38.0 Å². The Morgan fingerprint density at radius 2 is 1.88 bits per heavy atom. The lowest BCUT2D eigenvalue weighted by Crippen LogP contribution is -2.40. The van der Waals surface area contributed by atoms with Gasteiger partial charge in [0.2, 0.25) is 11.8 Å². The van der Waals surface area contributed by atoms with Gasteiger partial charge in [-0.05, 0) is 30.7 Å². The summed E-state index contributed by atoms with van der Waals surface area (Å²) < 4.78 is 11.7. The Bertz CT molecular complexity index is 668. The van der Waals surface area contributed by atoms with E-state index < -0.39 is 0 Å². The molecule has 0 bridgehead atoms. The highest BCUT2D eigenvalue weighted by molar-refractivity contribution is 6.31. The summed E-state index contributed by atoms with van der Waals surface area (Å²) in [5, 5.41) is 6.38. The van der Waals surface area contributed by atoms with Crippen LogP contribution in [0, 0.1) is 6.92 Å². The molecule has 26 heavy (non-hydrogen) atoms. The van der Waals surface area contributed by atoms with Gasteiger partial charge in [-0.15, -0.1) is 0 Å². The van der Waals surface area contributed by atoms with E-state index >= 15 is 0 Å². The second-order valence-corrected chi connectivity index (χ2v) is 7.25. The van der Waals surface area contributed by atoms with Gasteiger partial charge in [-0.3, -0.25) is 14.5 Å². The topological polar surface area (TPSA) is 79.9 Å². The first-order valence-corrected chi connectivity index (χ1v) is 9.07. The maximum atomic E-state index is 12.3. The summed E-state index contributed by atoms with van der Waals surface area (Å²) in [6.45, 7) is 5.75. The van der Waals surface area contributed by atoms with Crippen LogP contribution in [0.5, 0.6) is 0 Å². The Kier molecular flexibility index (Phi) is 6.13. The molecule has 0 aliphatic carbocycles. The van der Waals surface area contributed by atoms with Crippen molar-refractivity contribution in [2.75, 3.05) is 38.2 Å². The highest BCUT2D eigenvalue weighted by Gasteiger charge is 2.38. The molecule has 1 aromatic rings. The number of benzene rings is 1. The smallest absolute Gasteiger partial charge is 0.238 e. The normalized spacial score (nSPS) is 24.0. The van der Waals surface area contributed by atoms with Gasteiger partial charge in [-0.25, -0.2) is 0 Å². The lowest BCUT2D eigenvalue weighted by molar-refractivity contribution is -0.120. The number of halogens is 1. The van der Waals surface area contributed by atoms with E-state index in [1.807, 2.05) is 17.9 Å². The number of fused-ring (bicyclic) bond motifs is 1. The summed E-state index contributed by atoms with van der Waals surface area (Å²) in [6, 6.07) is 5.29. The number of carbonyl (C=O) groups excluding carboxylic acids is 2. The van der Waals surface area contributed by atoms with Crippen molar-refractivity contribution in [2.24, 2.45) is 0 Å². The second-order valence-electron chi connectivity index (χ2n) is 6.85. The summed E-state index contributed by atoms with van der Waals surface area (Å²) in [5.41, 5.74) is 1.65. The number of aryl methyl sites for hydroxylation is 1. The molecule has 142 valence electrons. The van der Waals surface area contributed by atoms with Crippen LogP contribution in [0.2, 0.25) is 5.02 Å². The van der Waals surface area contributed by atoms with Gasteiger partial charge in [-0.2, -0.15) is 0 Å². The molecule has 2 heterocycles. The molecule has 2 N–H and O–H groups in total. The molecule has 2 saturated heterocycles. The predicted molar refractivity (Wildman–Crippen MR) is 98.3 cm³/mol. The molecule has 8 heteroatoms. The van der Waals surface area contributed by atoms with Gasteiger partial charge in [0, 0.05) is 30.7 Å². The van der Waals surface area contributed by atoms with Crippen molar-refractivity contribution in [1.29, 1.82) is 0 Å². The van der Waals surface area contributed by atoms with E-state index in [9.17, 15) is 9.59 Å². The maximum Gasteiger partial charge on any atom is 0.238 e. The highest BCUT2D eigenvalue weighted by atomic mass is 35.5. The molecular weight excluding hydrogens is 358 g/mol. The Morgan fingerprint density at radius 3 is 2.46 bits per heavy atom. The first kappa shape index (κ1) is 19.1. The Hall–Kier alpha value is -1.67. The lowest BCUT2D eigenvalue weighted by atomic mass is 10.2. The molecule has 0 aromatic heterocycles. The number of likely N-dealkylation sites (tertiary alicyclic amines) is 1. The second kappa shape index (κ2) is 8.35. The average molecular weight is 382 g/mol. The summed E-state index contributed by atoms with van der Waals surface area (Å²) in [5.74, 6) is -0.177. The average Bonchev–Trinajstić information content (AvgIpc) is 2.85. The van der Waals surface area contributed by atoms with Crippen molar-refractivity contribution in [3.63, 3.8) is 0 Å². The number of carbonyl (C=O) groups is 2. The van der Waals surface area contributed by atoms with Gasteiger partial charge < -0.3 is 20.1 Å². The summed E-state index contributed by atoms with van der Waals surface area (Å²) >= 11 is 6.00. The number of nitrogens with zero attached hydrogens (tertiary/aromatic N) is 1. The summed E-state index contributed by atoms with van der Waals surface area (Å²) in [6.07, 6.45) is -0.168. The number of hydrogen-bond acceptors (Lipinski definition) is 5. The third kappa shape index (κ3) is 4.94. The molecule has 0 unspecified atom stereocenters. The van der Waals surface area contributed by atoms with Crippen LogP contribution in [-0.2, 0) is 19.1 Å². The number of ether oxygens (including phenoxy) is 2. The first-order chi connectivity index (χ1) is 12.4. The van der Waals surface area contributed by atoms with E-state index in [0.717, 1.165) is 11.3 Å². The fourth-order valence-corrected chi connectivity index (χ4v) is 3.41. The monoisotopic (exact) mass is 381 g/mol. The molecular formula is C18H24ClN3O4. The number of amides is 2. The summed E-state index contributed by atoms with van der Waals surface area (Å²) in [7, 11) is 0. The molecule has 3 rings (SSSR count). The zero-order valence-electron chi connectivity index (χ0n) is 15.0. The summed E-state index contributed by atoms with van der Waals surface area (Å²) in [4.78, 5) is 25.5. The largest absolute Gasteiger partial charge is 0.372 e. The molecule has 0 radical (unpaired) electrons. The molecule has 2 aliphatic heterocycles. The third-order valence-electron chi connectivity index (χ3n) is 4.53. The minimum Gasteiger partial charge on any atom is -0.372 e. The van der Waals surface area contributed by atoms with Crippen molar-refractivity contribution >= 4 is 29.1 Å². The minimum absolute atomic E-state index is 0.0839. The fourth-order valence-electron chi connectivity index (χ4n) is 3.29. The van der Waals surface area contributed by atoms with Crippen LogP contribution in [0.4, 0.5) is 5.69 Å². The zero-order chi connectivity index (χ0) is 18.7. The quantitative estimate of drug-likeness (QED) is 0.819. The Morgan fingerprint density at radius 1 is 1.23 bits per heavy atom. The molecule has 0 spiro atoms. The molecule has 2 aliphatic rings. The van der Waals surface area contributed by atoms with E-state index in [4.69, 9.17) is 21.1 Å². The van der Waals surface area contributed by atoms with E-state index in [1.54, 1.807) is 12.1 Å². The van der Waals surface area contributed by atoms with Crippen molar-refractivity contribution in [3.8, 4) is 0 Å². The molecule has 1 aromatic carbocycles. The van der Waals surface area contributed by atoms with Crippen molar-refractivity contribution in [3.05, 3.63) is 28.8 Å². The van der Waals surface area contributed by atoms with Crippen LogP contribution in [-0.4, -0.2) is 67.8 Å². The fraction of sp³-hybridized carbons (Fsp3) is 0.556. The minimum atomic E-state index is -0.122. The zero-order valence-corrected chi connectivity index (χ0v) is 15.7. The number of rotatable bonds is 4. The third-order valence-corrected chi connectivity index (χ3v) is 4.95.